The number of likely N-dealkylation sites (tertiary alicyclic amines) is 1. The number of rotatable bonds is 3. The normalized spacial score (nSPS) is 18.8. The van der Waals surface area contributed by atoms with Crippen molar-refractivity contribution in [3.05, 3.63) is 23.8 Å². The van der Waals surface area contributed by atoms with Gasteiger partial charge >= 0.3 is 0 Å². The monoisotopic (exact) mass is 278 g/mol. The average molecular weight is 278 g/mol. The van der Waals surface area contributed by atoms with E-state index in [-0.39, 0.29) is 34.9 Å². The number of nitrogens with zero attached hydrogens (tertiary/aromatic N) is 1. The molecule has 1 saturated heterocycles. The number of phenolic OH excluding ortho intramolecular Hbond substituents is 1. The number of piperidine rings is 1. The number of likely N-dealkylation sites (N-methyl/N-ethyl adjacent to an activating group) is 1. The number of methoxy groups -OCH3 is 1. The standard InChI is InChI=1S/C14H18N2O4/c1-16-8-9(6-7-12(16)17)15-14(19)10-4-3-5-11(20-2)13(10)18/h3-5,9,18H,6-8H2,1-2H3,(H,15,19)/t9-/m0/s1. The Bertz CT molecular complexity index is 530. The van der Waals surface area contributed by atoms with Crippen LogP contribution in [0.4, 0.5) is 0 Å². The molecule has 20 heavy (non-hydrogen) atoms. The van der Waals surface area contributed by atoms with Gasteiger partial charge in [-0.25, -0.2) is 0 Å². The first-order valence-electron chi connectivity index (χ1n) is 6.43. The lowest BCUT2D eigenvalue weighted by Gasteiger charge is -2.30. The topological polar surface area (TPSA) is 78.9 Å². The molecule has 6 heteroatoms. The first-order valence-corrected chi connectivity index (χ1v) is 6.43. The van der Waals surface area contributed by atoms with Crippen LogP contribution in [0.5, 0.6) is 11.5 Å². The summed E-state index contributed by atoms with van der Waals surface area (Å²) in [5.74, 6) is -0.199. The number of ether oxygens (including phenoxy) is 1. The smallest absolute Gasteiger partial charge is 0.255 e. The SMILES string of the molecule is COc1cccc(C(=O)N[C@H]2CCC(=O)N(C)C2)c1O. The van der Waals surface area contributed by atoms with Crippen molar-refractivity contribution < 1.29 is 19.4 Å². The fourth-order valence-electron chi connectivity index (χ4n) is 2.26. The van der Waals surface area contributed by atoms with Crippen molar-refractivity contribution in [2.45, 2.75) is 18.9 Å². The van der Waals surface area contributed by atoms with E-state index >= 15 is 0 Å². The van der Waals surface area contributed by atoms with Crippen molar-refractivity contribution in [2.24, 2.45) is 0 Å². The number of nitrogens with one attached hydrogen (secondary N) is 1. The molecule has 1 heterocycles. The highest BCUT2D eigenvalue weighted by molar-refractivity contribution is 5.98. The first kappa shape index (κ1) is 14.2. The number of hydrogen-bond acceptors (Lipinski definition) is 4. The number of hydrogen-bond donors (Lipinski definition) is 2. The van der Waals surface area contributed by atoms with Gasteiger partial charge in [-0.1, -0.05) is 6.07 Å². The molecule has 2 rings (SSSR count). The molecule has 0 aliphatic carbocycles. The molecule has 108 valence electrons. The predicted octanol–water partition coefficient (Wildman–Crippen LogP) is 0.751. The van der Waals surface area contributed by atoms with Gasteiger partial charge in [-0.15, -0.1) is 0 Å². The molecule has 1 fully saturated rings. The van der Waals surface area contributed by atoms with Gasteiger partial charge < -0.3 is 20.1 Å². The van der Waals surface area contributed by atoms with Gasteiger partial charge in [0.05, 0.1) is 12.7 Å². The van der Waals surface area contributed by atoms with E-state index in [0.29, 0.717) is 19.4 Å². The van der Waals surface area contributed by atoms with Crippen LogP contribution in [0.1, 0.15) is 23.2 Å². The second-order valence-corrected chi connectivity index (χ2v) is 4.84. The Morgan fingerprint density at radius 3 is 2.90 bits per heavy atom. The number of carbonyl (C=O) groups excluding carboxylic acids is 2. The molecule has 0 aromatic heterocycles. The number of phenols is 1. The molecule has 6 nitrogen and oxygen atoms in total. The minimum atomic E-state index is -0.367. The van der Waals surface area contributed by atoms with Crippen LogP contribution in [0.2, 0.25) is 0 Å². The molecule has 2 amide bonds. The maximum Gasteiger partial charge on any atom is 0.255 e. The van der Waals surface area contributed by atoms with Crippen LogP contribution in [0.3, 0.4) is 0 Å². The van der Waals surface area contributed by atoms with Gasteiger partial charge in [-0.2, -0.15) is 0 Å². The summed E-state index contributed by atoms with van der Waals surface area (Å²) in [5, 5.41) is 12.8. The third-order valence-electron chi connectivity index (χ3n) is 3.43. The van der Waals surface area contributed by atoms with Crippen LogP contribution in [0.15, 0.2) is 18.2 Å². The third-order valence-corrected chi connectivity index (χ3v) is 3.43. The van der Waals surface area contributed by atoms with Crippen molar-refractivity contribution in [3.63, 3.8) is 0 Å². The second kappa shape index (κ2) is 5.81. The minimum absolute atomic E-state index is 0.0831. The molecular formula is C14H18N2O4. The summed E-state index contributed by atoms with van der Waals surface area (Å²) in [4.78, 5) is 25.1. The van der Waals surface area contributed by atoms with E-state index in [2.05, 4.69) is 5.32 Å². The maximum absolute atomic E-state index is 12.2. The van der Waals surface area contributed by atoms with Crippen LogP contribution < -0.4 is 10.1 Å². The summed E-state index contributed by atoms with van der Waals surface area (Å²) in [7, 11) is 3.14. The number of amides is 2. The molecule has 0 radical (unpaired) electrons. The van der Waals surface area contributed by atoms with Gasteiger partial charge in [0.2, 0.25) is 5.91 Å². The van der Waals surface area contributed by atoms with E-state index in [1.165, 1.54) is 13.2 Å². The summed E-state index contributed by atoms with van der Waals surface area (Å²) in [6.07, 6.45) is 1.03. The van der Waals surface area contributed by atoms with Gasteiger partial charge in [-0.3, -0.25) is 9.59 Å². The molecular weight excluding hydrogens is 260 g/mol. The van der Waals surface area contributed by atoms with E-state index in [0.717, 1.165) is 0 Å². The van der Waals surface area contributed by atoms with E-state index in [9.17, 15) is 14.7 Å². The Morgan fingerprint density at radius 1 is 1.50 bits per heavy atom. The fourth-order valence-corrected chi connectivity index (χ4v) is 2.26. The van der Waals surface area contributed by atoms with E-state index in [1.54, 1.807) is 24.1 Å². The molecule has 2 N–H and O–H groups in total. The Hall–Kier alpha value is -2.24. The van der Waals surface area contributed by atoms with Crippen LogP contribution in [-0.2, 0) is 4.79 Å². The summed E-state index contributed by atoms with van der Waals surface area (Å²) in [5.41, 5.74) is 0.170. The molecule has 1 aliphatic heterocycles. The zero-order chi connectivity index (χ0) is 14.7. The minimum Gasteiger partial charge on any atom is -0.504 e. The van der Waals surface area contributed by atoms with Gasteiger partial charge in [0.15, 0.2) is 11.5 Å². The van der Waals surface area contributed by atoms with E-state index in [1.807, 2.05) is 0 Å². The van der Waals surface area contributed by atoms with Crippen molar-refractivity contribution in [3.8, 4) is 11.5 Å². The lowest BCUT2D eigenvalue weighted by Crippen LogP contribution is -2.48. The second-order valence-electron chi connectivity index (χ2n) is 4.84. The van der Waals surface area contributed by atoms with Gasteiger partial charge in [-0.05, 0) is 18.6 Å². The lowest BCUT2D eigenvalue weighted by atomic mass is 10.0. The van der Waals surface area contributed by atoms with Gasteiger partial charge in [0, 0.05) is 26.1 Å². The van der Waals surface area contributed by atoms with Crippen LogP contribution in [-0.4, -0.2) is 48.6 Å². The zero-order valence-corrected chi connectivity index (χ0v) is 11.5. The molecule has 0 unspecified atom stereocenters. The molecule has 0 bridgehead atoms. The Kier molecular flexibility index (Phi) is 4.12. The van der Waals surface area contributed by atoms with Crippen molar-refractivity contribution in [1.29, 1.82) is 0 Å². The van der Waals surface area contributed by atoms with Crippen molar-refractivity contribution >= 4 is 11.8 Å². The zero-order valence-electron chi connectivity index (χ0n) is 11.5. The molecule has 1 aliphatic rings. The van der Waals surface area contributed by atoms with Gasteiger partial charge in [0.1, 0.15) is 0 Å². The summed E-state index contributed by atoms with van der Waals surface area (Å²) >= 11 is 0. The molecule has 0 spiro atoms. The number of carbonyl (C=O) groups is 2. The quantitative estimate of drug-likeness (QED) is 0.855. The maximum atomic E-state index is 12.2. The summed E-state index contributed by atoms with van der Waals surface area (Å²) in [6.45, 7) is 0.481. The summed E-state index contributed by atoms with van der Waals surface area (Å²) < 4.78 is 4.97. The van der Waals surface area contributed by atoms with E-state index in [4.69, 9.17) is 4.74 Å². The third kappa shape index (κ3) is 2.84. The van der Waals surface area contributed by atoms with E-state index < -0.39 is 0 Å². The average Bonchev–Trinajstić information content (AvgIpc) is 2.43. The van der Waals surface area contributed by atoms with Crippen LogP contribution in [0, 0.1) is 0 Å². The number of aromatic hydroxyl groups is 1. The van der Waals surface area contributed by atoms with Crippen LogP contribution in [0.25, 0.3) is 0 Å². The largest absolute Gasteiger partial charge is 0.504 e. The highest BCUT2D eigenvalue weighted by Gasteiger charge is 2.25. The van der Waals surface area contributed by atoms with Gasteiger partial charge in [0.25, 0.3) is 5.91 Å². The Morgan fingerprint density at radius 2 is 2.25 bits per heavy atom. The molecule has 0 saturated carbocycles. The van der Waals surface area contributed by atoms with Crippen molar-refractivity contribution in [1.82, 2.24) is 10.2 Å². The Balaban J connectivity index is 2.07. The predicted molar refractivity (Wildman–Crippen MR) is 72.8 cm³/mol. The molecule has 1 aromatic carbocycles. The summed E-state index contributed by atoms with van der Waals surface area (Å²) in [6, 6.07) is 4.66. The molecule has 1 aromatic rings. The van der Waals surface area contributed by atoms with Crippen LogP contribution >= 0.6 is 0 Å². The van der Waals surface area contributed by atoms with Crippen molar-refractivity contribution in [2.75, 3.05) is 20.7 Å². The Labute approximate surface area is 117 Å². The fraction of sp³-hybridized carbons (Fsp3) is 0.429. The highest BCUT2D eigenvalue weighted by atomic mass is 16.5. The number of benzene rings is 1. The lowest BCUT2D eigenvalue weighted by molar-refractivity contribution is -0.132. The molecule has 1 atom stereocenters. The number of para-hydroxylation sites is 1. The first-order chi connectivity index (χ1) is 9.52. The highest BCUT2D eigenvalue weighted by Crippen LogP contribution is 2.29.